The predicted octanol–water partition coefficient (Wildman–Crippen LogP) is 3.72. The Labute approximate surface area is 130 Å². The van der Waals surface area contributed by atoms with Gasteiger partial charge in [-0.2, -0.15) is 0 Å². The molecule has 0 spiro atoms. The van der Waals surface area contributed by atoms with Crippen molar-refractivity contribution in [2.45, 2.75) is 56.9 Å². The Kier molecular flexibility index (Phi) is 3.31. The van der Waals surface area contributed by atoms with Crippen LogP contribution in [0.3, 0.4) is 0 Å². The maximum atomic E-state index is 6.80. The van der Waals surface area contributed by atoms with Crippen LogP contribution in [-0.4, -0.2) is 13.2 Å². The molecule has 2 aliphatic heterocycles. The fraction of sp³-hybridized carbons (Fsp3) is 0.647. The minimum Gasteiger partial charge on any atom is -0.493 e. The molecule has 0 aromatic heterocycles. The number of rotatable bonds is 1. The molecule has 0 bridgehead atoms. The molecule has 1 saturated carbocycles. The zero-order valence-electron chi connectivity index (χ0n) is 12.3. The molecule has 4 heteroatoms. The van der Waals surface area contributed by atoms with Crippen molar-refractivity contribution in [3.8, 4) is 11.5 Å². The third kappa shape index (κ3) is 2.05. The molecule has 0 atom stereocenters. The molecule has 1 aliphatic carbocycles. The van der Waals surface area contributed by atoms with Crippen molar-refractivity contribution in [2.24, 2.45) is 5.73 Å². The molecule has 2 N–H and O–H groups in total. The number of ether oxygens (including phenoxy) is 2. The molecule has 1 aromatic carbocycles. The highest BCUT2D eigenvalue weighted by atomic mass is 35.5. The molecule has 3 nitrogen and oxygen atoms in total. The summed E-state index contributed by atoms with van der Waals surface area (Å²) in [5, 5.41) is 0.768. The second-order valence-electron chi connectivity index (χ2n) is 6.57. The van der Waals surface area contributed by atoms with Crippen LogP contribution in [0.1, 0.15) is 55.2 Å². The summed E-state index contributed by atoms with van der Waals surface area (Å²) in [6, 6.07) is 0. The summed E-state index contributed by atoms with van der Waals surface area (Å²) < 4.78 is 12.0. The first kappa shape index (κ1) is 13.7. The van der Waals surface area contributed by atoms with Crippen LogP contribution in [0.4, 0.5) is 0 Å². The predicted molar refractivity (Wildman–Crippen MR) is 83.4 cm³/mol. The van der Waals surface area contributed by atoms with Gasteiger partial charge in [0, 0.05) is 22.2 Å². The normalized spacial score (nSPS) is 23.0. The summed E-state index contributed by atoms with van der Waals surface area (Å²) in [6.45, 7) is 1.52. The smallest absolute Gasteiger partial charge is 0.141 e. The lowest BCUT2D eigenvalue weighted by Gasteiger charge is -2.35. The van der Waals surface area contributed by atoms with Crippen molar-refractivity contribution in [1.82, 2.24) is 0 Å². The van der Waals surface area contributed by atoms with Crippen molar-refractivity contribution in [2.75, 3.05) is 13.2 Å². The first-order valence-electron chi connectivity index (χ1n) is 8.13. The summed E-state index contributed by atoms with van der Waals surface area (Å²) in [5.41, 5.74) is 10.1. The monoisotopic (exact) mass is 307 g/mol. The molecule has 0 radical (unpaired) electrons. The summed E-state index contributed by atoms with van der Waals surface area (Å²) in [5.74, 6) is 1.87. The van der Waals surface area contributed by atoms with E-state index in [1.807, 2.05) is 0 Å². The number of benzene rings is 1. The molecule has 21 heavy (non-hydrogen) atoms. The van der Waals surface area contributed by atoms with Gasteiger partial charge in [0.05, 0.1) is 18.2 Å². The second kappa shape index (κ2) is 5.06. The third-order valence-electron chi connectivity index (χ3n) is 5.17. The molecule has 4 rings (SSSR count). The Hall–Kier alpha value is -0.930. The van der Waals surface area contributed by atoms with Gasteiger partial charge in [0.2, 0.25) is 0 Å². The molecule has 2 heterocycles. The SMILES string of the molecule is NC1(c2c3c(c(Cl)c4c2OCCC4)OCCC3)CCCC1. The largest absolute Gasteiger partial charge is 0.493 e. The fourth-order valence-electron chi connectivity index (χ4n) is 4.17. The Morgan fingerprint density at radius 2 is 1.48 bits per heavy atom. The number of hydrogen-bond acceptors (Lipinski definition) is 3. The van der Waals surface area contributed by atoms with Crippen molar-refractivity contribution in [3.63, 3.8) is 0 Å². The highest BCUT2D eigenvalue weighted by Gasteiger charge is 2.40. The van der Waals surface area contributed by atoms with Crippen molar-refractivity contribution in [1.29, 1.82) is 0 Å². The maximum absolute atomic E-state index is 6.80. The highest BCUT2D eigenvalue weighted by Crippen LogP contribution is 2.52. The first-order chi connectivity index (χ1) is 10.2. The van der Waals surface area contributed by atoms with Gasteiger partial charge in [0.15, 0.2) is 0 Å². The average Bonchev–Trinajstić information content (AvgIpc) is 2.95. The molecule has 0 unspecified atom stereocenters. The maximum Gasteiger partial charge on any atom is 0.141 e. The van der Waals surface area contributed by atoms with E-state index in [2.05, 4.69) is 0 Å². The van der Waals surface area contributed by atoms with Crippen molar-refractivity contribution < 1.29 is 9.47 Å². The van der Waals surface area contributed by atoms with Crippen molar-refractivity contribution >= 4 is 11.6 Å². The Balaban J connectivity index is 1.98. The molecule has 0 saturated heterocycles. The minimum absolute atomic E-state index is 0.253. The number of fused-ring (bicyclic) bond motifs is 2. The van der Waals surface area contributed by atoms with E-state index < -0.39 is 0 Å². The zero-order chi connectivity index (χ0) is 14.4. The first-order valence-corrected chi connectivity index (χ1v) is 8.51. The Bertz CT molecular complexity index is 542. The molecule has 1 aromatic rings. The fourth-order valence-corrected chi connectivity index (χ4v) is 4.52. The molecular formula is C17H22ClNO2. The van der Waals surface area contributed by atoms with E-state index in [0.717, 1.165) is 73.8 Å². The summed E-state index contributed by atoms with van der Waals surface area (Å²) in [6.07, 6.45) is 8.49. The van der Waals surface area contributed by atoms with Gasteiger partial charge >= 0.3 is 0 Å². The van der Waals surface area contributed by atoms with Crippen LogP contribution < -0.4 is 15.2 Å². The van der Waals surface area contributed by atoms with Gasteiger partial charge in [-0.15, -0.1) is 0 Å². The van der Waals surface area contributed by atoms with Crippen LogP contribution in [0.5, 0.6) is 11.5 Å². The third-order valence-corrected chi connectivity index (χ3v) is 5.57. The topological polar surface area (TPSA) is 44.5 Å². The van der Waals surface area contributed by atoms with E-state index in [0.29, 0.717) is 0 Å². The molecule has 0 amide bonds. The van der Waals surface area contributed by atoms with Crippen LogP contribution >= 0.6 is 11.6 Å². The van der Waals surface area contributed by atoms with Crippen LogP contribution in [0.2, 0.25) is 5.02 Å². The number of nitrogens with two attached hydrogens (primary N) is 1. The van der Waals surface area contributed by atoms with E-state index in [1.54, 1.807) is 0 Å². The molecule has 3 aliphatic rings. The van der Waals surface area contributed by atoms with Crippen molar-refractivity contribution in [3.05, 3.63) is 21.7 Å². The zero-order valence-corrected chi connectivity index (χ0v) is 13.1. The van der Waals surface area contributed by atoms with E-state index >= 15 is 0 Å². The van der Waals surface area contributed by atoms with Gasteiger partial charge in [0.25, 0.3) is 0 Å². The summed E-state index contributed by atoms with van der Waals surface area (Å²) in [7, 11) is 0. The Morgan fingerprint density at radius 1 is 0.857 bits per heavy atom. The molecule has 114 valence electrons. The standard InChI is InChI=1S/C17H22ClNO2/c18-14-12-6-4-9-20-15(12)13(17(19)7-1-2-8-17)11-5-3-10-21-16(11)14/h1-10,19H2. The second-order valence-corrected chi connectivity index (χ2v) is 6.95. The number of hydrogen-bond donors (Lipinski definition) is 1. The number of halogens is 1. The van der Waals surface area contributed by atoms with E-state index in [9.17, 15) is 0 Å². The summed E-state index contributed by atoms with van der Waals surface area (Å²) >= 11 is 6.62. The van der Waals surface area contributed by atoms with Crippen LogP contribution in [-0.2, 0) is 18.4 Å². The quantitative estimate of drug-likeness (QED) is 0.860. The van der Waals surface area contributed by atoms with Gasteiger partial charge in [-0.25, -0.2) is 0 Å². The summed E-state index contributed by atoms with van der Waals surface area (Å²) in [4.78, 5) is 0. The average molecular weight is 308 g/mol. The lowest BCUT2D eigenvalue weighted by molar-refractivity contribution is 0.260. The lowest BCUT2D eigenvalue weighted by Crippen LogP contribution is -2.36. The van der Waals surface area contributed by atoms with E-state index in [1.165, 1.54) is 24.0 Å². The molecular weight excluding hydrogens is 286 g/mol. The van der Waals surface area contributed by atoms with Crippen LogP contribution in [0.25, 0.3) is 0 Å². The van der Waals surface area contributed by atoms with Crippen LogP contribution in [0, 0.1) is 0 Å². The van der Waals surface area contributed by atoms with Gasteiger partial charge < -0.3 is 15.2 Å². The molecule has 1 fully saturated rings. The lowest BCUT2D eigenvalue weighted by atomic mass is 9.80. The van der Waals surface area contributed by atoms with Gasteiger partial charge in [-0.1, -0.05) is 24.4 Å². The van der Waals surface area contributed by atoms with Crippen LogP contribution in [0.15, 0.2) is 0 Å². The van der Waals surface area contributed by atoms with E-state index in [4.69, 9.17) is 26.8 Å². The highest BCUT2D eigenvalue weighted by molar-refractivity contribution is 6.33. The minimum atomic E-state index is -0.253. The Morgan fingerprint density at radius 3 is 2.19 bits per heavy atom. The van der Waals surface area contributed by atoms with Gasteiger partial charge in [-0.05, 0) is 38.5 Å². The van der Waals surface area contributed by atoms with E-state index in [-0.39, 0.29) is 5.54 Å². The van der Waals surface area contributed by atoms with Gasteiger partial charge in [0.1, 0.15) is 11.5 Å². The van der Waals surface area contributed by atoms with Gasteiger partial charge in [-0.3, -0.25) is 0 Å².